The summed E-state index contributed by atoms with van der Waals surface area (Å²) in [5.74, 6) is 0.366. The van der Waals surface area contributed by atoms with Crippen LogP contribution in [0.2, 0.25) is 0 Å². The number of carbonyl (C=O) groups is 2. The standard InChI is InChI=1S/C13H14N2O3/c1-3-7-14-9-12(16)15(13(14)17)10-5-4-6-11(8-10)18-2/h3-6,8H,1,7,9H2,2H3. The molecule has 0 radical (unpaired) electrons. The minimum atomic E-state index is -0.326. The Morgan fingerprint density at radius 1 is 1.44 bits per heavy atom. The average molecular weight is 246 g/mol. The summed E-state index contributed by atoms with van der Waals surface area (Å²) in [5.41, 5.74) is 0.524. The van der Waals surface area contributed by atoms with Gasteiger partial charge in [0.2, 0.25) is 0 Å². The first-order valence-electron chi connectivity index (χ1n) is 5.54. The van der Waals surface area contributed by atoms with E-state index in [1.165, 1.54) is 12.0 Å². The van der Waals surface area contributed by atoms with E-state index in [1.54, 1.807) is 30.3 Å². The highest BCUT2D eigenvalue weighted by molar-refractivity contribution is 6.19. The maximum atomic E-state index is 12.0. The number of imide groups is 1. The summed E-state index contributed by atoms with van der Waals surface area (Å²) in [7, 11) is 1.54. The SMILES string of the molecule is C=CCN1CC(=O)N(c2cccc(OC)c2)C1=O. The predicted octanol–water partition coefficient (Wildman–Crippen LogP) is 1.65. The van der Waals surface area contributed by atoms with E-state index in [4.69, 9.17) is 4.74 Å². The molecule has 0 spiro atoms. The summed E-state index contributed by atoms with van der Waals surface area (Å²) in [4.78, 5) is 26.5. The third kappa shape index (κ3) is 2.07. The van der Waals surface area contributed by atoms with Gasteiger partial charge in [-0.05, 0) is 12.1 Å². The van der Waals surface area contributed by atoms with Crippen molar-refractivity contribution in [1.29, 1.82) is 0 Å². The van der Waals surface area contributed by atoms with Gasteiger partial charge in [0.25, 0.3) is 5.91 Å². The van der Waals surface area contributed by atoms with Crippen molar-refractivity contribution < 1.29 is 14.3 Å². The van der Waals surface area contributed by atoms with Crippen molar-refractivity contribution in [2.24, 2.45) is 0 Å². The van der Waals surface area contributed by atoms with E-state index in [0.29, 0.717) is 18.0 Å². The van der Waals surface area contributed by atoms with Gasteiger partial charge in [-0.2, -0.15) is 0 Å². The van der Waals surface area contributed by atoms with Crippen LogP contribution in [0.15, 0.2) is 36.9 Å². The fraction of sp³-hybridized carbons (Fsp3) is 0.231. The maximum Gasteiger partial charge on any atom is 0.332 e. The Morgan fingerprint density at radius 3 is 2.89 bits per heavy atom. The molecule has 18 heavy (non-hydrogen) atoms. The number of rotatable bonds is 4. The van der Waals surface area contributed by atoms with E-state index in [-0.39, 0.29) is 18.5 Å². The Balaban J connectivity index is 2.29. The number of urea groups is 1. The van der Waals surface area contributed by atoms with Gasteiger partial charge in [0.1, 0.15) is 12.3 Å². The molecule has 1 aliphatic heterocycles. The zero-order chi connectivity index (χ0) is 13.1. The molecule has 94 valence electrons. The molecule has 0 aliphatic carbocycles. The molecule has 1 fully saturated rings. The van der Waals surface area contributed by atoms with E-state index in [0.717, 1.165) is 4.90 Å². The summed E-state index contributed by atoms with van der Waals surface area (Å²) >= 11 is 0. The zero-order valence-corrected chi connectivity index (χ0v) is 10.1. The predicted molar refractivity (Wildman–Crippen MR) is 67.6 cm³/mol. The molecule has 0 N–H and O–H groups in total. The number of hydrogen-bond acceptors (Lipinski definition) is 3. The van der Waals surface area contributed by atoms with Crippen LogP contribution in [0.4, 0.5) is 10.5 Å². The molecule has 1 saturated heterocycles. The molecule has 0 bridgehead atoms. The fourth-order valence-electron chi connectivity index (χ4n) is 1.85. The molecule has 1 aromatic rings. The molecule has 1 heterocycles. The summed E-state index contributed by atoms with van der Waals surface area (Å²) in [6.45, 7) is 4.02. The molecule has 5 nitrogen and oxygen atoms in total. The number of anilines is 1. The largest absolute Gasteiger partial charge is 0.497 e. The van der Waals surface area contributed by atoms with Crippen LogP contribution in [0.5, 0.6) is 5.75 Å². The highest BCUT2D eigenvalue weighted by Crippen LogP contribution is 2.25. The van der Waals surface area contributed by atoms with Crippen LogP contribution in [0, 0.1) is 0 Å². The van der Waals surface area contributed by atoms with Crippen molar-refractivity contribution >= 4 is 17.6 Å². The molecule has 2 rings (SSSR count). The van der Waals surface area contributed by atoms with Crippen LogP contribution in [0.3, 0.4) is 0 Å². The Bertz CT molecular complexity index is 499. The molecular weight excluding hydrogens is 232 g/mol. The van der Waals surface area contributed by atoms with Gasteiger partial charge in [0.15, 0.2) is 0 Å². The van der Waals surface area contributed by atoms with E-state index in [2.05, 4.69) is 6.58 Å². The second kappa shape index (κ2) is 4.91. The molecule has 0 unspecified atom stereocenters. The first-order valence-corrected chi connectivity index (χ1v) is 5.54. The van der Waals surface area contributed by atoms with Crippen molar-refractivity contribution in [2.45, 2.75) is 0 Å². The normalized spacial score (nSPS) is 15.2. The van der Waals surface area contributed by atoms with Gasteiger partial charge >= 0.3 is 6.03 Å². The average Bonchev–Trinajstić information content (AvgIpc) is 2.65. The van der Waals surface area contributed by atoms with Crippen molar-refractivity contribution in [3.05, 3.63) is 36.9 Å². The lowest BCUT2D eigenvalue weighted by molar-refractivity contribution is -0.116. The van der Waals surface area contributed by atoms with E-state index in [9.17, 15) is 9.59 Å². The number of benzene rings is 1. The minimum absolute atomic E-state index is 0.0854. The van der Waals surface area contributed by atoms with Gasteiger partial charge in [-0.25, -0.2) is 9.69 Å². The first-order chi connectivity index (χ1) is 8.67. The van der Waals surface area contributed by atoms with Crippen molar-refractivity contribution in [1.82, 2.24) is 4.90 Å². The van der Waals surface area contributed by atoms with E-state index in [1.807, 2.05) is 0 Å². The molecular formula is C13H14N2O3. The number of ether oxygens (including phenoxy) is 1. The second-order valence-corrected chi connectivity index (χ2v) is 3.88. The van der Waals surface area contributed by atoms with Gasteiger partial charge in [-0.1, -0.05) is 12.1 Å². The van der Waals surface area contributed by atoms with Crippen LogP contribution in [0.25, 0.3) is 0 Å². The van der Waals surface area contributed by atoms with Gasteiger partial charge in [0.05, 0.1) is 12.8 Å². The quantitative estimate of drug-likeness (QED) is 0.599. The lowest BCUT2D eigenvalue weighted by atomic mass is 10.3. The third-order valence-electron chi connectivity index (χ3n) is 2.70. The lowest BCUT2D eigenvalue weighted by Crippen LogP contribution is -2.33. The van der Waals surface area contributed by atoms with Crippen LogP contribution in [-0.4, -0.2) is 37.0 Å². The Labute approximate surface area is 105 Å². The summed E-state index contributed by atoms with van der Waals surface area (Å²) in [6, 6.07) is 6.54. The molecule has 1 aromatic carbocycles. The molecule has 0 aromatic heterocycles. The molecule has 5 heteroatoms. The molecule has 3 amide bonds. The smallest absolute Gasteiger partial charge is 0.332 e. The number of hydrogen-bond donors (Lipinski definition) is 0. The molecule has 0 atom stereocenters. The van der Waals surface area contributed by atoms with Gasteiger partial charge in [0, 0.05) is 12.6 Å². The summed E-state index contributed by atoms with van der Waals surface area (Å²) < 4.78 is 5.08. The van der Waals surface area contributed by atoms with Crippen molar-refractivity contribution in [3.63, 3.8) is 0 Å². The lowest BCUT2D eigenvalue weighted by Gasteiger charge is -2.16. The maximum absolute atomic E-state index is 12.0. The number of amides is 3. The highest BCUT2D eigenvalue weighted by atomic mass is 16.5. The van der Waals surface area contributed by atoms with Crippen LogP contribution < -0.4 is 9.64 Å². The first kappa shape index (κ1) is 12.2. The number of nitrogens with zero attached hydrogens (tertiary/aromatic N) is 2. The van der Waals surface area contributed by atoms with E-state index >= 15 is 0 Å². The van der Waals surface area contributed by atoms with Crippen LogP contribution in [0.1, 0.15) is 0 Å². The van der Waals surface area contributed by atoms with Crippen molar-refractivity contribution in [3.8, 4) is 5.75 Å². The van der Waals surface area contributed by atoms with Gasteiger partial charge in [-0.3, -0.25) is 4.79 Å². The topological polar surface area (TPSA) is 49.9 Å². The fourth-order valence-corrected chi connectivity index (χ4v) is 1.85. The van der Waals surface area contributed by atoms with Gasteiger partial charge in [-0.15, -0.1) is 6.58 Å². The minimum Gasteiger partial charge on any atom is -0.497 e. The third-order valence-corrected chi connectivity index (χ3v) is 2.70. The Morgan fingerprint density at radius 2 is 2.22 bits per heavy atom. The Hall–Kier alpha value is -2.30. The number of carbonyl (C=O) groups excluding carboxylic acids is 2. The number of methoxy groups -OCH3 is 1. The Kier molecular flexibility index (Phi) is 3.32. The summed E-state index contributed by atoms with van der Waals surface area (Å²) in [6.07, 6.45) is 1.60. The van der Waals surface area contributed by atoms with Crippen LogP contribution >= 0.6 is 0 Å². The summed E-state index contributed by atoms with van der Waals surface area (Å²) in [5, 5.41) is 0. The van der Waals surface area contributed by atoms with Gasteiger partial charge < -0.3 is 9.64 Å². The van der Waals surface area contributed by atoms with E-state index < -0.39 is 0 Å². The monoisotopic (exact) mass is 246 g/mol. The zero-order valence-electron chi connectivity index (χ0n) is 10.1. The molecule has 1 aliphatic rings. The highest BCUT2D eigenvalue weighted by Gasteiger charge is 2.36. The molecule has 0 saturated carbocycles. The second-order valence-electron chi connectivity index (χ2n) is 3.88. The van der Waals surface area contributed by atoms with Crippen molar-refractivity contribution in [2.75, 3.05) is 25.1 Å². The van der Waals surface area contributed by atoms with Crippen LogP contribution in [-0.2, 0) is 4.79 Å².